The molecule has 3 aromatic carbocycles. The molecule has 0 bridgehead atoms. The minimum Gasteiger partial charge on any atom is -0.326 e. The Morgan fingerprint density at radius 2 is 1.80 bits per heavy atom. The molecule has 0 aromatic heterocycles. The summed E-state index contributed by atoms with van der Waals surface area (Å²) in [4.78, 5) is 29.6. The number of anilines is 2. The van der Waals surface area contributed by atoms with Crippen molar-refractivity contribution in [3.05, 3.63) is 82.3 Å². The lowest BCUT2D eigenvalue weighted by Gasteiger charge is -2.23. The summed E-state index contributed by atoms with van der Waals surface area (Å²) in [7, 11) is 0. The van der Waals surface area contributed by atoms with Crippen LogP contribution in [-0.4, -0.2) is 17.9 Å². The number of hydrogen-bond donors (Lipinski definition) is 1. The molecule has 0 spiro atoms. The Bertz CT molecular complexity index is 1140. The van der Waals surface area contributed by atoms with Gasteiger partial charge in [0, 0.05) is 26.0 Å². The van der Waals surface area contributed by atoms with Gasteiger partial charge >= 0.3 is 0 Å². The quantitative estimate of drug-likeness (QED) is 0.507. The highest BCUT2D eigenvalue weighted by atomic mass is 79.9. The van der Waals surface area contributed by atoms with Crippen LogP contribution < -0.4 is 10.2 Å². The smallest absolute Gasteiger partial charge is 0.259 e. The van der Waals surface area contributed by atoms with Crippen molar-refractivity contribution in [2.24, 2.45) is 0 Å². The van der Waals surface area contributed by atoms with Crippen LogP contribution in [0.2, 0.25) is 0 Å². The molecule has 150 valence electrons. The van der Waals surface area contributed by atoms with Crippen molar-refractivity contribution in [3.8, 4) is 0 Å². The molecule has 3 aromatic rings. The summed E-state index contributed by atoms with van der Waals surface area (Å²) in [6.07, 6.45) is 2.38. The fraction of sp³-hybridized carbons (Fsp3) is 0.167. The normalized spacial score (nSPS) is 15.2. The second kappa shape index (κ2) is 7.93. The van der Waals surface area contributed by atoms with Crippen LogP contribution in [0.4, 0.5) is 11.4 Å². The van der Waals surface area contributed by atoms with E-state index in [9.17, 15) is 9.59 Å². The molecule has 1 aliphatic carbocycles. The molecule has 0 saturated heterocycles. The van der Waals surface area contributed by atoms with E-state index in [4.69, 9.17) is 0 Å². The zero-order chi connectivity index (χ0) is 20.7. The first-order chi connectivity index (χ1) is 14.6. The summed E-state index contributed by atoms with van der Waals surface area (Å²) in [5, 5.41) is 3.00. The molecule has 1 saturated carbocycles. The lowest BCUT2D eigenvalue weighted by molar-refractivity contribution is -0.115. The topological polar surface area (TPSA) is 49.4 Å². The predicted octanol–water partition coefficient (Wildman–Crippen LogP) is 5.90. The van der Waals surface area contributed by atoms with E-state index in [0.717, 1.165) is 49.6 Å². The van der Waals surface area contributed by atoms with Crippen molar-refractivity contribution in [1.29, 1.82) is 0 Å². The van der Waals surface area contributed by atoms with Gasteiger partial charge in [-0.2, -0.15) is 0 Å². The van der Waals surface area contributed by atoms with Gasteiger partial charge in [0.15, 0.2) is 0 Å². The molecular formula is C24H19BrN2O2S. The Morgan fingerprint density at radius 1 is 1.03 bits per heavy atom. The van der Waals surface area contributed by atoms with Crippen molar-refractivity contribution < 1.29 is 9.59 Å². The molecule has 0 radical (unpaired) electrons. The van der Waals surface area contributed by atoms with Crippen LogP contribution in [0.5, 0.6) is 0 Å². The van der Waals surface area contributed by atoms with Crippen molar-refractivity contribution in [3.63, 3.8) is 0 Å². The maximum absolute atomic E-state index is 13.2. The number of nitrogens with one attached hydrogen (secondary N) is 1. The first-order valence-corrected chi connectivity index (χ1v) is 11.5. The molecule has 1 heterocycles. The molecule has 2 aliphatic rings. The molecule has 6 heteroatoms. The maximum atomic E-state index is 13.2. The number of benzene rings is 3. The van der Waals surface area contributed by atoms with E-state index in [2.05, 4.69) is 21.2 Å². The summed E-state index contributed by atoms with van der Waals surface area (Å²) in [5.74, 6) is -0.00204. The number of rotatable bonds is 4. The molecule has 1 fully saturated rings. The highest BCUT2D eigenvalue weighted by molar-refractivity contribution is 9.10. The van der Waals surface area contributed by atoms with Gasteiger partial charge in [0.1, 0.15) is 0 Å². The Hall–Kier alpha value is -2.57. The second-order valence-electron chi connectivity index (χ2n) is 7.54. The third-order valence-electron chi connectivity index (χ3n) is 5.25. The van der Waals surface area contributed by atoms with Gasteiger partial charge < -0.3 is 10.2 Å². The van der Waals surface area contributed by atoms with Crippen molar-refractivity contribution >= 4 is 50.9 Å². The van der Waals surface area contributed by atoms with Crippen LogP contribution in [0.1, 0.15) is 28.8 Å². The second-order valence-corrected chi connectivity index (χ2v) is 9.54. The van der Waals surface area contributed by atoms with Crippen LogP contribution in [-0.2, 0) is 11.2 Å². The van der Waals surface area contributed by atoms with Gasteiger partial charge in [-0.3, -0.25) is 9.59 Å². The predicted molar refractivity (Wildman–Crippen MR) is 123 cm³/mol. The number of halogens is 1. The van der Waals surface area contributed by atoms with E-state index < -0.39 is 0 Å². The number of fused-ring (bicyclic) bond motifs is 2. The van der Waals surface area contributed by atoms with Crippen molar-refractivity contribution in [1.82, 2.24) is 0 Å². The lowest BCUT2D eigenvalue weighted by Crippen LogP contribution is -2.32. The van der Waals surface area contributed by atoms with E-state index in [1.165, 1.54) is 0 Å². The largest absolute Gasteiger partial charge is 0.326 e. The summed E-state index contributed by atoms with van der Waals surface area (Å²) in [6.45, 7) is 0. The number of carbonyl (C=O) groups excluding carboxylic acids is 2. The number of carbonyl (C=O) groups is 2. The van der Waals surface area contributed by atoms with Gasteiger partial charge in [-0.05, 0) is 60.9 Å². The van der Waals surface area contributed by atoms with Gasteiger partial charge in [-0.1, -0.05) is 52.0 Å². The van der Waals surface area contributed by atoms with E-state index in [1.807, 2.05) is 71.6 Å². The molecule has 2 amide bonds. The van der Waals surface area contributed by atoms with E-state index in [1.54, 1.807) is 11.8 Å². The van der Waals surface area contributed by atoms with E-state index in [-0.39, 0.29) is 17.9 Å². The third kappa shape index (κ3) is 3.89. The fourth-order valence-corrected chi connectivity index (χ4v) is 5.02. The van der Waals surface area contributed by atoms with Gasteiger partial charge in [0.25, 0.3) is 5.91 Å². The molecule has 0 unspecified atom stereocenters. The van der Waals surface area contributed by atoms with Gasteiger partial charge in [0.2, 0.25) is 5.91 Å². The Labute approximate surface area is 187 Å². The Balaban J connectivity index is 1.43. The zero-order valence-electron chi connectivity index (χ0n) is 16.1. The molecule has 5 rings (SSSR count). The van der Waals surface area contributed by atoms with Crippen LogP contribution in [0.15, 0.2) is 81.0 Å². The molecule has 1 N–H and O–H groups in total. The highest BCUT2D eigenvalue weighted by Crippen LogP contribution is 2.46. The maximum Gasteiger partial charge on any atom is 0.259 e. The minimum atomic E-state index is -0.0635. The SMILES string of the molecule is O=C(Cc1ccc(Br)cc1)Nc1ccc2c(c1)Sc1ccccc1C(=O)N2C1CC1. The average molecular weight is 479 g/mol. The molecule has 0 atom stereocenters. The van der Waals surface area contributed by atoms with Crippen LogP contribution in [0.3, 0.4) is 0 Å². The van der Waals surface area contributed by atoms with Gasteiger partial charge in [-0.15, -0.1) is 0 Å². The van der Waals surface area contributed by atoms with Gasteiger partial charge in [-0.25, -0.2) is 0 Å². The monoisotopic (exact) mass is 478 g/mol. The summed E-state index contributed by atoms with van der Waals surface area (Å²) < 4.78 is 0.990. The van der Waals surface area contributed by atoms with Crippen molar-refractivity contribution in [2.45, 2.75) is 35.1 Å². The van der Waals surface area contributed by atoms with E-state index in [0.29, 0.717) is 6.42 Å². The fourth-order valence-electron chi connectivity index (χ4n) is 3.65. The third-order valence-corrected chi connectivity index (χ3v) is 6.90. The van der Waals surface area contributed by atoms with Crippen LogP contribution >= 0.6 is 27.7 Å². The number of amides is 2. The van der Waals surface area contributed by atoms with Crippen LogP contribution in [0.25, 0.3) is 0 Å². The summed E-state index contributed by atoms with van der Waals surface area (Å²) >= 11 is 4.99. The molecule has 1 aliphatic heterocycles. The standard InChI is InChI=1S/C24H19BrN2O2S/c25-16-7-5-15(6-8-16)13-23(28)26-17-9-12-20-22(14-17)30-21-4-2-1-3-19(21)24(29)27(20)18-10-11-18/h1-9,12,14,18H,10-11,13H2,(H,26,28). The molecular weight excluding hydrogens is 460 g/mol. The number of hydrogen-bond acceptors (Lipinski definition) is 3. The van der Waals surface area contributed by atoms with Gasteiger partial charge in [0.05, 0.1) is 17.7 Å². The molecule has 4 nitrogen and oxygen atoms in total. The summed E-state index contributed by atoms with van der Waals surface area (Å²) in [5.41, 5.74) is 3.37. The minimum absolute atomic E-state index is 0.0615. The van der Waals surface area contributed by atoms with Crippen LogP contribution in [0, 0.1) is 0 Å². The molecule has 30 heavy (non-hydrogen) atoms. The lowest BCUT2D eigenvalue weighted by atomic mass is 10.1. The Morgan fingerprint density at radius 3 is 2.57 bits per heavy atom. The highest BCUT2D eigenvalue weighted by Gasteiger charge is 2.38. The van der Waals surface area contributed by atoms with Crippen molar-refractivity contribution in [2.75, 3.05) is 10.2 Å². The first-order valence-electron chi connectivity index (χ1n) is 9.87. The van der Waals surface area contributed by atoms with E-state index >= 15 is 0 Å². The number of nitrogens with zero attached hydrogens (tertiary/aromatic N) is 1. The Kier molecular flexibility index (Phi) is 5.13. The first kappa shape index (κ1) is 19.4. The zero-order valence-corrected chi connectivity index (χ0v) is 18.5. The average Bonchev–Trinajstić information content (AvgIpc) is 3.57. The summed E-state index contributed by atoms with van der Waals surface area (Å²) in [6, 6.07) is 21.6.